The van der Waals surface area contributed by atoms with Gasteiger partial charge in [0.1, 0.15) is 11.6 Å². The van der Waals surface area contributed by atoms with Gasteiger partial charge in [-0.1, -0.05) is 36.4 Å². The van der Waals surface area contributed by atoms with E-state index >= 15 is 0 Å². The number of anilines is 2. The number of amides is 1. The highest BCUT2D eigenvalue weighted by Crippen LogP contribution is 2.41. The van der Waals surface area contributed by atoms with Crippen LogP contribution >= 0.6 is 0 Å². The molecular formula is C37H37F7N4O. The average Bonchev–Trinajstić information content (AvgIpc) is 3.03. The van der Waals surface area contributed by atoms with Crippen LogP contribution in [0.4, 0.5) is 42.2 Å². The van der Waals surface area contributed by atoms with Crippen LogP contribution in [0.1, 0.15) is 48.6 Å². The topological polar surface area (TPSA) is 39.7 Å². The molecule has 5 rings (SSSR count). The van der Waals surface area contributed by atoms with Gasteiger partial charge in [-0.05, 0) is 86.3 Å². The van der Waals surface area contributed by atoms with Crippen molar-refractivity contribution in [3.8, 4) is 11.1 Å². The third-order valence-electron chi connectivity index (χ3n) is 9.11. The van der Waals surface area contributed by atoms with Crippen molar-refractivity contribution in [3.05, 3.63) is 113 Å². The summed E-state index contributed by atoms with van der Waals surface area (Å²) in [5.41, 5.74) is -2.16. The zero-order valence-electron chi connectivity index (χ0n) is 27.8. The number of aryl methyl sites for hydroxylation is 1. The zero-order chi connectivity index (χ0) is 35.9. The number of aromatic nitrogens is 1. The van der Waals surface area contributed by atoms with Crippen LogP contribution in [0.15, 0.2) is 79.0 Å². The van der Waals surface area contributed by atoms with E-state index in [1.807, 2.05) is 18.2 Å². The van der Waals surface area contributed by atoms with Crippen LogP contribution in [0.2, 0.25) is 0 Å². The number of pyridine rings is 1. The van der Waals surface area contributed by atoms with E-state index in [4.69, 9.17) is 0 Å². The third kappa shape index (κ3) is 7.74. The predicted octanol–water partition coefficient (Wildman–Crippen LogP) is 8.89. The van der Waals surface area contributed by atoms with Gasteiger partial charge in [0.25, 0.3) is 0 Å². The number of benzene rings is 3. The summed E-state index contributed by atoms with van der Waals surface area (Å²) in [5.74, 6) is -0.614. The molecule has 2 heterocycles. The van der Waals surface area contributed by atoms with Gasteiger partial charge in [-0.15, -0.1) is 0 Å². The number of nitrogens with zero attached hydrogens (tertiary/aromatic N) is 4. The average molecular weight is 687 g/mol. The molecule has 49 heavy (non-hydrogen) atoms. The number of alkyl halides is 6. The molecule has 1 aromatic heterocycles. The van der Waals surface area contributed by atoms with Gasteiger partial charge in [0.2, 0.25) is 5.91 Å². The Morgan fingerprint density at radius 2 is 1.47 bits per heavy atom. The zero-order valence-corrected chi connectivity index (χ0v) is 27.8. The van der Waals surface area contributed by atoms with E-state index in [0.717, 1.165) is 19.6 Å². The highest BCUT2D eigenvalue weighted by atomic mass is 19.4. The van der Waals surface area contributed by atoms with E-state index in [1.54, 1.807) is 19.1 Å². The van der Waals surface area contributed by atoms with E-state index in [9.17, 15) is 35.5 Å². The number of rotatable bonds is 7. The van der Waals surface area contributed by atoms with E-state index < -0.39 is 46.2 Å². The first kappa shape index (κ1) is 35.8. The highest BCUT2D eigenvalue weighted by Gasteiger charge is 2.41. The summed E-state index contributed by atoms with van der Waals surface area (Å²) in [4.78, 5) is 24.5. The maximum atomic E-state index is 14.2. The number of carbonyl (C=O) groups excluding carboxylic acids is 1. The smallest absolute Gasteiger partial charge is 0.351 e. The number of halogens is 7. The molecule has 12 heteroatoms. The molecule has 0 radical (unpaired) electrons. The van der Waals surface area contributed by atoms with Gasteiger partial charge in [0.15, 0.2) is 0 Å². The normalized spacial score (nSPS) is 16.2. The molecule has 0 bridgehead atoms. The lowest BCUT2D eigenvalue weighted by molar-refractivity contribution is -0.143. The molecule has 1 fully saturated rings. The second-order valence-corrected chi connectivity index (χ2v) is 13.1. The van der Waals surface area contributed by atoms with Crippen LogP contribution in [0.25, 0.3) is 11.1 Å². The monoisotopic (exact) mass is 686 g/mol. The maximum absolute atomic E-state index is 14.2. The standard InChI is InChI=1S/C37H37F7N4O/c1-23-15-29(38)11-12-30(23)31-19-33(48-14-13-47(21-24(48)2)22-25-9-7-6-8-10-25)45-20-32(31)46(5)34(49)35(3,4)26-16-27(36(39,40)41)18-28(17-26)37(42,43)44/h6-12,15-20,24H,13-14,21-22H2,1-5H3. The van der Waals surface area contributed by atoms with Gasteiger partial charge < -0.3 is 9.80 Å². The van der Waals surface area contributed by atoms with Crippen LogP contribution in [0.5, 0.6) is 0 Å². The first-order chi connectivity index (χ1) is 22.9. The Morgan fingerprint density at radius 3 is 2.04 bits per heavy atom. The molecule has 3 aromatic carbocycles. The minimum atomic E-state index is -5.07. The summed E-state index contributed by atoms with van der Waals surface area (Å²) in [6.45, 7) is 9.32. The summed E-state index contributed by atoms with van der Waals surface area (Å²) in [6.07, 6.45) is -8.67. The molecule has 4 aromatic rings. The molecule has 5 nitrogen and oxygen atoms in total. The van der Waals surface area contributed by atoms with Crippen LogP contribution in [-0.4, -0.2) is 48.5 Å². The molecule has 1 saturated heterocycles. The largest absolute Gasteiger partial charge is 0.416 e. The Balaban J connectivity index is 1.51. The summed E-state index contributed by atoms with van der Waals surface area (Å²) in [7, 11) is 1.40. The van der Waals surface area contributed by atoms with Gasteiger partial charge in [-0.3, -0.25) is 9.69 Å². The minimum Gasteiger partial charge on any atom is -0.351 e. The molecule has 1 amide bonds. The number of piperazine rings is 1. The number of likely N-dealkylation sites (N-methyl/N-ethyl adjacent to an activating group) is 1. The third-order valence-corrected chi connectivity index (χ3v) is 9.11. The van der Waals surface area contributed by atoms with E-state index in [2.05, 4.69) is 33.8 Å². The van der Waals surface area contributed by atoms with Crippen molar-refractivity contribution in [1.29, 1.82) is 0 Å². The molecule has 260 valence electrons. The minimum absolute atomic E-state index is 0.0360. The maximum Gasteiger partial charge on any atom is 0.416 e. The summed E-state index contributed by atoms with van der Waals surface area (Å²) in [6, 6.07) is 17.4. The van der Waals surface area contributed by atoms with Crippen LogP contribution in [-0.2, 0) is 29.1 Å². The van der Waals surface area contributed by atoms with E-state index in [1.165, 1.54) is 49.7 Å². The van der Waals surface area contributed by atoms with Crippen molar-refractivity contribution in [1.82, 2.24) is 9.88 Å². The molecule has 1 unspecified atom stereocenters. The molecule has 0 spiro atoms. The lowest BCUT2D eigenvalue weighted by Gasteiger charge is -2.41. The van der Waals surface area contributed by atoms with Gasteiger partial charge in [0, 0.05) is 44.8 Å². The quantitative estimate of drug-likeness (QED) is 0.182. The first-order valence-corrected chi connectivity index (χ1v) is 15.7. The van der Waals surface area contributed by atoms with Crippen molar-refractivity contribution in [2.75, 3.05) is 36.5 Å². The second kappa shape index (κ2) is 13.5. The first-order valence-electron chi connectivity index (χ1n) is 15.7. The van der Waals surface area contributed by atoms with Crippen molar-refractivity contribution in [2.24, 2.45) is 0 Å². The molecule has 1 aliphatic heterocycles. The van der Waals surface area contributed by atoms with Crippen molar-refractivity contribution in [2.45, 2.75) is 58.0 Å². The molecule has 1 aliphatic rings. The lowest BCUT2D eigenvalue weighted by Crippen LogP contribution is -2.52. The van der Waals surface area contributed by atoms with Gasteiger partial charge in [0.05, 0.1) is 28.4 Å². The van der Waals surface area contributed by atoms with Crippen molar-refractivity contribution in [3.63, 3.8) is 0 Å². The predicted molar refractivity (Wildman–Crippen MR) is 176 cm³/mol. The molecule has 0 aliphatic carbocycles. The summed E-state index contributed by atoms with van der Waals surface area (Å²) in [5, 5.41) is 0. The fourth-order valence-electron chi connectivity index (χ4n) is 6.33. The van der Waals surface area contributed by atoms with Crippen LogP contribution in [0, 0.1) is 12.7 Å². The molecule has 1 atom stereocenters. The Labute approximate surface area is 281 Å². The Hall–Kier alpha value is -4.45. The molecule has 0 saturated carbocycles. The van der Waals surface area contributed by atoms with E-state index in [0.29, 0.717) is 41.2 Å². The second-order valence-electron chi connectivity index (χ2n) is 13.1. The fraction of sp³-hybridized carbons (Fsp3) is 0.351. The SMILES string of the molecule is Cc1cc(F)ccc1-c1cc(N2CCN(Cc3ccccc3)CC2C)ncc1N(C)C(=O)C(C)(C)c1cc(C(F)(F)F)cc(C(F)(F)F)c1. The van der Waals surface area contributed by atoms with E-state index in [-0.39, 0.29) is 17.8 Å². The van der Waals surface area contributed by atoms with Crippen LogP contribution in [0.3, 0.4) is 0 Å². The fourth-order valence-corrected chi connectivity index (χ4v) is 6.33. The van der Waals surface area contributed by atoms with Crippen LogP contribution < -0.4 is 9.80 Å². The number of hydrogen-bond donors (Lipinski definition) is 0. The molecule has 0 N–H and O–H groups in total. The summed E-state index contributed by atoms with van der Waals surface area (Å²) < 4.78 is 96.3. The Morgan fingerprint density at radius 1 is 0.857 bits per heavy atom. The van der Waals surface area contributed by atoms with Gasteiger partial charge in [-0.25, -0.2) is 9.37 Å². The van der Waals surface area contributed by atoms with Gasteiger partial charge in [-0.2, -0.15) is 26.3 Å². The lowest BCUT2D eigenvalue weighted by atomic mass is 9.81. The number of hydrogen-bond acceptors (Lipinski definition) is 4. The van der Waals surface area contributed by atoms with Gasteiger partial charge >= 0.3 is 12.4 Å². The Kier molecular flexibility index (Phi) is 9.84. The highest BCUT2D eigenvalue weighted by molar-refractivity contribution is 6.03. The van der Waals surface area contributed by atoms with Crippen molar-refractivity contribution >= 4 is 17.4 Å². The molecular weight excluding hydrogens is 649 g/mol. The summed E-state index contributed by atoms with van der Waals surface area (Å²) >= 11 is 0. The Bertz CT molecular complexity index is 1790. The number of carbonyl (C=O) groups is 1. The van der Waals surface area contributed by atoms with Crippen molar-refractivity contribution < 1.29 is 35.5 Å².